The van der Waals surface area contributed by atoms with Crippen LogP contribution in [-0.2, 0) is 27.3 Å². The van der Waals surface area contributed by atoms with Gasteiger partial charge in [-0.2, -0.15) is 0 Å². The number of nitrogens with two attached hydrogens (primary N) is 1. The van der Waals surface area contributed by atoms with Crippen molar-refractivity contribution in [2.75, 3.05) is 14.1 Å². The lowest BCUT2D eigenvalue weighted by molar-refractivity contribution is -0.153. The number of aliphatic hydroxyl groups excluding tert-OH is 2. The molecule has 0 bridgehead atoms. The Hall–Kier alpha value is -4.06. The Bertz CT molecular complexity index is 1660. The Labute approximate surface area is 260 Å². The molecule has 0 aromatic heterocycles. The van der Waals surface area contributed by atoms with Crippen LogP contribution >= 0.6 is 0 Å². The lowest BCUT2D eigenvalue weighted by atomic mass is 9.57. The van der Waals surface area contributed by atoms with Crippen LogP contribution in [-0.4, -0.2) is 80.8 Å². The van der Waals surface area contributed by atoms with Gasteiger partial charge in [0.25, 0.3) is 5.91 Å². The third-order valence-corrected chi connectivity index (χ3v) is 10.1. The van der Waals surface area contributed by atoms with Crippen LogP contribution in [0.4, 0.5) is 4.39 Å². The first-order chi connectivity index (χ1) is 21.3. The molecule has 238 valence electrons. The molecule has 2 saturated carbocycles. The number of phenols is 1. The Balaban J connectivity index is 1.40. The Kier molecular flexibility index (Phi) is 7.83. The molecule has 2 aromatic rings. The topological polar surface area (TPSA) is 173 Å². The predicted octanol–water partition coefficient (Wildman–Crippen LogP) is 3.00. The standard InChI is InChI=1S/C34H38FN3O7/c1-38(2)28-23-14-18-13-22-21(17-5-3-4-16(12-17)15-37-20-8-6-19(35)7-9-20)10-11-24(39)26(22)29(40)25(18)31(42)34(23,45)32(43)27(30(28)41)33(36)44/h3-5,10-12,18-20,23,28,37,39-40,43,45H,6-9,13-15H2,1-2H3,(H2,36,44)/t18-,19?,20?,23-,28-,34-/m0/s1. The number of hydrogen-bond donors (Lipinski definition) is 6. The Morgan fingerprint density at radius 3 is 2.47 bits per heavy atom. The highest BCUT2D eigenvalue weighted by atomic mass is 19.1. The fourth-order valence-electron chi connectivity index (χ4n) is 7.88. The molecule has 0 unspecified atom stereocenters. The molecule has 7 N–H and O–H groups in total. The number of hydrogen-bond acceptors (Lipinski definition) is 9. The summed E-state index contributed by atoms with van der Waals surface area (Å²) in [6, 6.07) is 10.1. The van der Waals surface area contributed by atoms with Crippen LogP contribution in [0, 0.1) is 11.8 Å². The summed E-state index contributed by atoms with van der Waals surface area (Å²) in [5, 5.41) is 48.8. The predicted molar refractivity (Wildman–Crippen MR) is 164 cm³/mol. The van der Waals surface area contributed by atoms with E-state index in [1.165, 1.54) is 11.0 Å². The quantitative estimate of drug-likeness (QED) is 0.266. The molecule has 11 heteroatoms. The maximum atomic E-state index is 14.1. The first-order valence-electron chi connectivity index (χ1n) is 15.3. The van der Waals surface area contributed by atoms with Crippen molar-refractivity contribution in [3.8, 4) is 16.9 Å². The van der Waals surface area contributed by atoms with Crippen LogP contribution in [0.15, 0.2) is 53.3 Å². The molecular weight excluding hydrogens is 581 g/mol. The number of phenolic OH excluding ortho intramolecular Hbond substituents is 1. The third-order valence-electron chi connectivity index (χ3n) is 10.1. The van der Waals surface area contributed by atoms with Gasteiger partial charge in [0.05, 0.1) is 11.6 Å². The van der Waals surface area contributed by atoms with Gasteiger partial charge in [-0.25, -0.2) is 4.39 Å². The number of benzene rings is 2. The zero-order valence-electron chi connectivity index (χ0n) is 25.2. The number of halogens is 1. The molecule has 10 nitrogen and oxygen atoms in total. The summed E-state index contributed by atoms with van der Waals surface area (Å²) in [5.41, 5.74) is 4.92. The summed E-state index contributed by atoms with van der Waals surface area (Å²) < 4.78 is 13.6. The second kappa shape index (κ2) is 11.4. The molecule has 2 aromatic carbocycles. The SMILES string of the molecule is CN(C)[C@@H]1C(=O)C(C(N)=O)=C(O)[C@@]2(O)C(=O)C3=C(O)c4c(O)ccc(-c5cccc(CNC6CCC(F)CC6)c5)c4C[C@H]3C[C@@H]12. The molecular formula is C34H38FN3O7. The molecule has 4 atom stereocenters. The number of amides is 1. The number of carbonyl (C=O) groups excluding carboxylic acids is 3. The van der Waals surface area contributed by atoms with E-state index in [2.05, 4.69) is 5.32 Å². The lowest BCUT2D eigenvalue weighted by Crippen LogP contribution is -2.65. The van der Waals surface area contributed by atoms with Crippen molar-refractivity contribution in [3.63, 3.8) is 0 Å². The number of Topliss-reactive ketones (excluding diaryl/α,β-unsaturated/α-hetero) is 2. The van der Waals surface area contributed by atoms with Gasteiger partial charge >= 0.3 is 0 Å². The highest BCUT2D eigenvalue weighted by Crippen LogP contribution is 2.53. The second-order valence-corrected chi connectivity index (χ2v) is 13.0. The average Bonchev–Trinajstić information content (AvgIpc) is 2.98. The van der Waals surface area contributed by atoms with E-state index in [1.807, 2.05) is 24.3 Å². The first kappa shape index (κ1) is 30.9. The zero-order chi connectivity index (χ0) is 32.4. The highest BCUT2D eigenvalue weighted by molar-refractivity contribution is 6.24. The number of rotatable bonds is 6. The molecule has 4 aliphatic carbocycles. The van der Waals surface area contributed by atoms with Crippen LogP contribution in [0.5, 0.6) is 5.75 Å². The number of likely N-dealkylation sites (N-methyl/N-ethyl adjacent to an activating group) is 1. The van der Waals surface area contributed by atoms with E-state index in [9.17, 15) is 39.2 Å². The smallest absolute Gasteiger partial charge is 0.255 e. The molecule has 0 heterocycles. The van der Waals surface area contributed by atoms with Gasteiger partial charge in [-0.3, -0.25) is 19.3 Å². The van der Waals surface area contributed by atoms with Crippen LogP contribution < -0.4 is 11.1 Å². The molecule has 0 saturated heterocycles. The minimum absolute atomic E-state index is 0.0198. The lowest BCUT2D eigenvalue weighted by Gasteiger charge is -2.50. The minimum Gasteiger partial charge on any atom is -0.508 e. The van der Waals surface area contributed by atoms with Crippen molar-refractivity contribution in [2.45, 2.75) is 68.9 Å². The van der Waals surface area contributed by atoms with Gasteiger partial charge in [-0.05, 0) is 92.9 Å². The van der Waals surface area contributed by atoms with Crippen LogP contribution in [0.1, 0.15) is 48.8 Å². The van der Waals surface area contributed by atoms with E-state index in [0.717, 1.165) is 29.5 Å². The monoisotopic (exact) mass is 619 g/mol. The number of aliphatic hydroxyl groups is 3. The number of aromatic hydroxyl groups is 1. The number of fused-ring (bicyclic) bond motifs is 3. The normalized spacial score (nSPS) is 29.8. The largest absolute Gasteiger partial charge is 0.508 e. The third kappa shape index (κ3) is 4.93. The van der Waals surface area contributed by atoms with E-state index in [0.29, 0.717) is 24.9 Å². The number of nitrogens with zero attached hydrogens (tertiary/aromatic N) is 1. The summed E-state index contributed by atoms with van der Waals surface area (Å²) in [5.74, 6) is -6.80. The maximum Gasteiger partial charge on any atom is 0.255 e. The van der Waals surface area contributed by atoms with E-state index in [-0.39, 0.29) is 35.8 Å². The van der Waals surface area contributed by atoms with Crippen LogP contribution in [0.3, 0.4) is 0 Å². The van der Waals surface area contributed by atoms with Crippen molar-refractivity contribution in [1.82, 2.24) is 10.2 Å². The number of nitrogens with one attached hydrogen (secondary N) is 1. The van der Waals surface area contributed by atoms with Gasteiger partial charge in [0, 0.05) is 24.1 Å². The van der Waals surface area contributed by atoms with Gasteiger partial charge in [-0.15, -0.1) is 0 Å². The maximum absolute atomic E-state index is 14.1. The summed E-state index contributed by atoms with van der Waals surface area (Å²) in [4.78, 5) is 41.1. The molecule has 1 amide bonds. The second-order valence-electron chi connectivity index (χ2n) is 13.0. The molecule has 45 heavy (non-hydrogen) atoms. The van der Waals surface area contributed by atoms with Crippen molar-refractivity contribution in [3.05, 3.63) is 70.0 Å². The number of ketones is 2. The number of carbonyl (C=O) groups is 3. The minimum atomic E-state index is -2.68. The number of primary amides is 1. The van der Waals surface area contributed by atoms with Crippen molar-refractivity contribution in [1.29, 1.82) is 0 Å². The van der Waals surface area contributed by atoms with Crippen LogP contribution in [0.2, 0.25) is 0 Å². The fourth-order valence-corrected chi connectivity index (χ4v) is 7.88. The molecule has 4 aliphatic rings. The summed E-state index contributed by atoms with van der Waals surface area (Å²) in [6.07, 6.45) is 2.18. The molecule has 0 aliphatic heterocycles. The van der Waals surface area contributed by atoms with Gasteiger partial charge in [0.15, 0.2) is 11.4 Å². The van der Waals surface area contributed by atoms with Crippen molar-refractivity contribution in [2.24, 2.45) is 17.6 Å². The molecule has 2 fully saturated rings. The van der Waals surface area contributed by atoms with Crippen molar-refractivity contribution >= 4 is 23.2 Å². The van der Waals surface area contributed by atoms with E-state index in [1.54, 1.807) is 20.2 Å². The molecule has 0 spiro atoms. The van der Waals surface area contributed by atoms with E-state index < -0.39 is 64.2 Å². The van der Waals surface area contributed by atoms with Gasteiger partial charge in [0.1, 0.15) is 29.0 Å². The fraction of sp³-hybridized carbons (Fsp3) is 0.441. The van der Waals surface area contributed by atoms with Crippen molar-refractivity contribution < 1.29 is 39.2 Å². The summed E-state index contributed by atoms with van der Waals surface area (Å²) in [6.45, 7) is 0.590. The van der Waals surface area contributed by atoms with Gasteiger partial charge < -0.3 is 31.5 Å². The van der Waals surface area contributed by atoms with E-state index in [4.69, 9.17) is 5.73 Å². The van der Waals surface area contributed by atoms with Gasteiger partial charge in [-0.1, -0.05) is 24.3 Å². The average molecular weight is 620 g/mol. The van der Waals surface area contributed by atoms with E-state index >= 15 is 0 Å². The first-order valence-corrected chi connectivity index (χ1v) is 15.3. The molecule has 0 radical (unpaired) electrons. The Morgan fingerprint density at radius 1 is 1.09 bits per heavy atom. The van der Waals surface area contributed by atoms with Crippen LogP contribution in [0.25, 0.3) is 16.9 Å². The zero-order valence-corrected chi connectivity index (χ0v) is 25.2. The van der Waals surface area contributed by atoms with Gasteiger partial charge in [0.2, 0.25) is 5.78 Å². The highest BCUT2D eigenvalue weighted by Gasteiger charge is 2.64. The Morgan fingerprint density at radius 2 is 1.80 bits per heavy atom. The number of alkyl halides is 1. The summed E-state index contributed by atoms with van der Waals surface area (Å²) in [7, 11) is 3.13. The molecule has 6 rings (SSSR count). The summed E-state index contributed by atoms with van der Waals surface area (Å²) >= 11 is 0.